The number of hydrogen-bond acceptors (Lipinski definition) is 5. The van der Waals surface area contributed by atoms with Crippen molar-refractivity contribution in [3.05, 3.63) is 59.7 Å². The molecular weight excluding hydrogens is 406 g/mol. The van der Waals surface area contributed by atoms with Gasteiger partial charge < -0.3 is 15.0 Å². The van der Waals surface area contributed by atoms with E-state index in [1.54, 1.807) is 14.1 Å². The number of anilines is 1. The van der Waals surface area contributed by atoms with Gasteiger partial charge in [-0.1, -0.05) is 17.7 Å². The largest absolute Gasteiger partial charge is 0.492 e. The molecule has 0 saturated carbocycles. The van der Waals surface area contributed by atoms with Crippen LogP contribution in [0.1, 0.15) is 15.9 Å². The molecule has 0 spiro atoms. The smallest absolute Gasteiger partial charge is 0.253 e. The van der Waals surface area contributed by atoms with E-state index in [0.29, 0.717) is 17.0 Å². The van der Waals surface area contributed by atoms with Crippen LogP contribution in [0.15, 0.2) is 48.5 Å². The molecule has 2 rings (SSSR count). The molecule has 0 heterocycles. The Hall–Kier alpha value is -3.07. The highest BCUT2D eigenvalue weighted by atomic mass is 32.2. The predicted octanol–water partition coefficient (Wildman–Crippen LogP) is 1.66. The summed E-state index contributed by atoms with van der Waals surface area (Å²) in [5, 5.41) is 2.65. The molecule has 1 N–H and O–H groups in total. The first-order chi connectivity index (χ1) is 14.1. The summed E-state index contributed by atoms with van der Waals surface area (Å²) >= 11 is 0. The molecule has 0 aliphatic carbocycles. The first-order valence-corrected chi connectivity index (χ1v) is 11.2. The number of hydrogen-bond donors (Lipinski definition) is 1. The molecule has 0 aliphatic rings. The van der Waals surface area contributed by atoms with Gasteiger partial charge in [-0.25, -0.2) is 8.42 Å². The van der Waals surface area contributed by atoms with Gasteiger partial charge in [-0.2, -0.15) is 0 Å². The summed E-state index contributed by atoms with van der Waals surface area (Å²) in [5.41, 5.74) is 1.85. The first-order valence-electron chi connectivity index (χ1n) is 9.33. The molecule has 0 atom stereocenters. The van der Waals surface area contributed by atoms with Gasteiger partial charge in [-0.05, 0) is 43.3 Å². The van der Waals surface area contributed by atoms with Gasteiger partial charge in [0.1, 0.15) is 18.9 Å². The molecule has 162 valence electrons. The van der Waals surface area contributed by atoms with Crippen molar-refractivity contribution < 1.29 is 22.7 Å². The van der Waals surface area contributed by atoms with Gasteiger partial charge in [0.15, 0.2) is 0 Å². The summed E-state index contributed by atoms with van der Waals surface area (Å²) in [5.74, 6) is 0.0418. The van der Waals surface area contributed by atoms with Gasteiger partial charge in [-0.15, -0.1) is 0 Å². The van der Waals surface area contributed by atoms with Crippen molar-refractivity contribution in [2.45, 2.75) is 6.92 Å². The first kappa shape index (κ1) is 23.2. The molecular formula is C21H27N3O5S. The summed E-state index contributed by atoms with van der Waals surface area (Å²) in [6.07, 6.45) is 1.03. The quantitative estimate of drug-likeness (QED) is 0.607. The average Bonchev–Trinajstić information content (AvgIpc) is 2.69. The summed E-state index contributed by atoms with van der Waals surface area (Å²) in [6, 6.07) is 13.6. The van der Waals surface area contributed by atoms with Crippen LogP contribution < -0.4 is 14.4 Å². The second-order valence-corrected chi connectivity index (χ2v) is 8.93. The van der Waals surface area contributed by atoms with Gasteiger partial charge >= 0.3 is 0 Å². The van der Waals surface area contributed by atoms with Gasteiger partial charge in [0.05, 0.1) is 18.5 Å². The molecule has 30 heavy (non-hydrogen) atoms. The second kappa shape index (κ2) is 10.1. The lowest BCUT2D eigenvalue weighted by Gasteiger charge is -2.22. The maximum absolute atomic E-state index is 12.3. The number of amides is 2. The van der Waals surface area contributed by atoms with Crippen LogP contribution in [-0.4, -0.2) is 65.2 Å². The fourth-order valence-corrected chi connectivity index (χ4v) is 3.47. The van der Waals surface area contributed by atoms with E-state index in [9.17, 15) is 18.0 Å². The lowest BCUT2D eigenvalue weighted by molar-refractivity contribution is -0.119. The van der Waals surface area contributed by atoms with Gasteiger partial charge in [0.2, 0.25) is 15.9 Å². The zero-order valence-electron chi connectivity index (χ0n) is 17.6. The fraction of sp³-hybridized carbons (Fsp3) is 0.333. The maximum atomic E-state index is 12.3. The van der Waals surface area contributed by atoms with Crippen molar-refractivity contribution in [1.82, 2.24) is 10.2 Å². The van der Waals surface area contributed by atoms with Crippen LogP contribution in [0, 0.1) is 6.92 Å². The Morgan fingerprint density at radius 2 is 1.60 bits per heavy atom. The average molecular weight is 434 g/mol. The van der Waals surface area contributed by atoms with E-state index in [1.807, 2.05) is 31.2 Å². The third-order valence-corrected chi connectivity index (χ3v) is 5.35. The van der Waals surface area contributed by atoms with Crippen molar-refractivity contribution >= 4 is 27.5 Å². The minimum atomic E-state index is -3.69. The van der Waals surface area contributed by atoms with Crippen LogP contribution in [-0.2, 0) is 14.8 Å². The minimum absolute atomic E-state index is 0.196. The van der Waals surface area contributed by atoms with Crippen LogP contribution in [0.2, 0.25) is 0 Å². The Bertz CT molecular complexity index is 971. The SMILES string of the molecule is Cc1ccc(OCCNC(=O)CN(c2ccc(C(=O)N(C)C)cc2)S(C)(=O)=O)cc1. The van der Waals surface area contributed by atoms with Crippen LogP contribution in [0.5, 0.6) is 5.75 Å². The topological polar surface area (TPSA) is 96.0 Å². The number of ether oxygens (including phenoxy) is 1. The Morgan fingerprint density at radius 3 is 2.13 bits per heavy atom. The highest BCUT2D eigenvalue weighted by Crippen LogP contribution is 2.18. The molecule has 9 heteroatoms. The third-order valence-electron chi connectivity index (χ3n) is 4.21. The predicted molar refractivity (Wildman–Crippen MR) is 116 cm³/mol. The molecule has 8 nitrogen and oxygen atoms in total. The Labute approximate surface area is 177 Å². The van der Waals surface area contributed by atoms with Gasteiger partial charge in [0, 0.05) is 19.7 Å². The molecule has 0 aromatic heterocycles. The summed E-state index contributed by atoms with van der Waals surface area (Å²) in [4.78, 5) is 25.7. The van der Waals surface area contributed by atoms with Crippen molar-refractivity contribution in [3.8, 4) is 5.75 Å². The van der Waals surface area contributed by atoms with Crippen molar-refractivity contribution in [2.24, 2.45) is 0 Å². The zero-order chi connectivity index (χ0) is 22.3. The second-order valence-electron chi connectivity index (χ2n) is 7.03. The maximum Gasteiger partial charge on any atom is 0.253 e. The summed E-state index contributed by atoms with van der Waals surface area (Å²) < 4.78 is 30.9. The number of carbonyl (C=O) groups excluding carboxylic acids is 2. The minimum Gasteiger partial charge on any atom is -0.492 e. The highest BCUT2D eigenvalue weighted by molar-refractivity contribution is 7.92. The number of aryl methyl sites for hydroxylation is 1. The molecule has 0 radical (unpaired) electrons. The highest BCUT2D eigenvalue weighted by Gasteiger charge is 2.21. The zero-order valence-corrected chi connectivity index (χ0v) is 18.4. The molecule has 0 aliphatic heterocycles. The number of benzene rings is 2. The van der Waals surface area contributed by atoms with Crippen LogP contribution in [0.3, 0.4) is 0 Å². The standard InChI is InChI=1S/C21H27N3O5S/c1-16-5-11-19(12-6-16)29-14-13-22-20(25)15-24(30(4,27)28)18-9-7-17(8-10-18)21(26)23(2)3/h5-12H,13-15H2,1-4H3,(H,22,25). The fourth-order valence-electron chi connectivity index (χ4n) is 2.61. The van der Waals surface area contributed by atoms with Crippen molar-refractivity contribution in [2.75, 3.05) is 44.4 Å². The van der Waals surface area contributed by atoms with E-state index in [4.69, 9.17) is 4.74 Å². The third kappa shape index (κ3) is 6.77. The molecule has 2 aromatic rings. The number of nitrogens with one attached hydrogen (secondary N) is 1. The van der Waals surface area contributed by atoms with Crippen molar-refractivity contribution in [3.63, 3.8) is 0 Å². The molecule has 2 amide bonds. The molecule has 2 aromatic carbocycles. The number of nitrogens with zero attached hydrogens (tertiary/aromatic N) is 2. The Kier molecular flexibility index (Phi) is 7.82. The lowest BCUT2D eigenvalue weighted by atomic mass is 10.2. The Morgan fingerprint density at radius 1 is 1.00 bits per heavy atom. The molecule has 0 fully saturated rings. The summed E-state index contributed by atoms with van der Waals surface area (Å²) in [7, 11) is -0.432. The van der Waals surface area contributed by atoms with Crippen LogP contribution in [0.4, 0.5) is 5.69 Å². The number of rotatable bonds is 9. The summed E-state index contributed by atoms with van der Waals surface area (Å²) in [6.45, 7) is 2.10. The van der Waals surface area contributed by atoms with Gasteiger partial charge in [-0.3, -0.25) is 13.9 Å². The lowest BCUT2D eigenvalue weighted by Crippen LogP contribution is -2.41. The van der Waals surface area contributed by atoms with Gasteiger partial charge in [0.25, 0.3) is 5.91 Å². The van der Waals surface area contributed by atoms with Crippen LogP contribution >= 0.6 is 0 Å². The number of carbonyl (C=O) groups is 2. The van der Waals surface area contributed by atoms with E-state index in [1.165, 1.54) is 29.2 Å². The Balaban J connectivity index is 1.95. The molecule has 0 unspecified atom stereocenters. The molecule has 0 bridgehead atoms. The molecule has 0 saturated heterocycles. The van der Waals surface area contributed by atoms with E-state index >= 15 is 0 Å². The van der Waals surface area contributed by atoms with Crippen molar-refractivity contribution in [1.29, 1.82) is 0 Å². The monoisotopic (exact) mass is 433 g/mol. The normalized spacial score (nSPS) is 10.9. The number of sulfonamides is 1. The van der Waals surface area contributed by atoms with E-state index < -0.39 is 15.9 Å². The van der Waals surface area contributed by atoms with E-state index in [2.05, 4.69) is 5.32 Å². The van der Waals surface area contributed by atoms with Crippen LogP contribution in [0.25, 0.3) is 0 Å². The van der Waals surface area contributed by atoms with E-state index in [0.717, 1.165) is 16.1 Å². The van der Waals surface area contributed by atoms with E-state index in [-0.39, 0.29) is 25.6 Å².